The first-order valence-electron chi connectivity index (χ1n) is 10.4. The van der Waals surface area contributed by atoms with E-state index in [0.717, 1.165) is 29.0 Å². The van der Waals surface area contributed by atoms with Gasteiger partial charge in [-0.05, 0) is 39.0 Å². The summed E-state index contributed by atoms with van der Waals surface area (Å²) in [5.74, 6) is 2.64. The molecule has 0 saturated heterocycles. The van der Waals surface area contributed by atoms with E-state index in [-0.39, 0.29) is 18.4 Å². The molecule has 3 aromatic rings. The highest BCUT2D eigenvalue weighted by atomic mass is 16.5. The van der Waals surface area contributed by atoms with Crippen molar-refractivity contribution in [2.45, 2.75) is 46.2 Å². The van der Waals surface area contributed by atoms with E-state index in [1.807, 2.05) is 34.7 Å². The first-order chi connectivity index (χ1) is 14.9. The third-order valence-corrected chi connectivity index (χ3v) is 5.58. The summed E-state index contributed by atoms with van der Waals surface area (Å²) in [5.41, 5.74) is 3.67. The van der Waals surface area contributed by atoms with Gasteiger partial charge < -0.3 is 18.8 Å². The van der Waals surface area contributed by atoms with Gasteiger partial charge in [0, 0.05) is 42.4 Å². The molecular formula is C23H28N4O4. The molecule has 2 aromatic heterocycles. The maximum Gasteiger partial charge on any atom is 0.247 e. The molecule has 1 aliphatic rings. The molecule has 0 aliphatic carbocycles. The van der Waals surface area contributed by atoms with Crippen LogP contribution in [0.1, 0.15) is 42.5 Å². The second-order valence-corrected chi connectivity index (χ2v) is 8.01. The van der Waals surface area contributed by atoms with E-state index in [1.165, 1.54) is 0 Å². The number of nitrogens with zero attached hydrogens (tertiary/aromatic N) is 4. The normalized spacial score (nSPS) is 13.4. The first-order valence-corrected chi connectivity index (χ1v) is 10.4. The molecule has 0 radical (unpaired) electrons. The van der Waals surface area contributed by atoms with Crippen molar-refractivity contribution in [2.75, 3.05) is 20.8 Å². The molecule has 0 spiro atoms. The second kappa shape index (κ2) is 8.45. The van der Waals surface area contributed by atoms with Crippen LogP contribution in [0.25, 0.3) is 11.6 Å². The smallest absolute Gasteiger partial charge is 0.247 e. The maximum atomic E-state index is 13.2. The molecule has 1 aliphatic heterocycles. The SMILES string of the molecule is COc1ccc(OC)c(CC(=O)N2CCc3c(c(-c4ncc(C)o4)nn3C(C)C)C2)c1. The number of carbonyl (C=O) groups excluding carboxylic acids is 1. The molecule has 3 heterocycles. The van der Waals surface area contributed by atoms with Crippen molar-refractivity contribution in [3.8, 4) is 23.1 Å². The van der Waals surface area contributed by atoms with Crippen LogP contribution in [0.5, 0.6) is 11.5 Å². The summed E-state index contributed by atoms with van der Waals surface area (Å²) in [6.07, 6.45) is 2.67. The lowest BCUT2D eigenvalue weighted by Gasteiger charge is -2.28. The fourth-order valence-electron chi connectivity index (χ4n) is 4.02. The molecule has 8 nitrogen and oxygen atoms in total. The minimum atomic E-state index is 0.0315. The van der Waals surface area contributed by atoms with E-state index in [1.54, 1.807) is 20.4 Å². The van der Waals surface area contributed by atoms with Crippen LogP contribution in [0.15, 0.2) is 28.8 Å². The summed E-state index contributed by atoms with van der Waals surface area (Å²) in [6.45, 7) is 7.18. The third-order valence-electron chi connectivity index (χ3n) is 5.58. The van der Waals surface area contributed by atoms with Crippen molar-refractivity contribution in [1.29, 1.82) is 0 Å². The topological polar surface area (TPSA) is 82.6 Å². The van der Waals surface area contributed by atoms with Crippen LogP contribution in [0.3, 0.4) is 0 Å². The Bertz CT molecular complexity index is 1100. The number of fused-ring (bicyclic) bond motifs is 1. The number of hydrogen-bond donors (Lipinski definition) is 0. The summed E-state index contributed by atoms with van der Waals surface area (Å²) in [5, 5.41) is 4.79. The predicted octanol–water partition coefficient (Wildman–Crippen LogP) is 3.57. The molecule has 0 unspecified atom stereocenters. The van der Waals surface area contributed by atoms with Gasteiger partial charge >= 0.3 is 0 Å². The Morgan fingerprint density at radius 1 is 1.26 bits per heavy atom. The highest BCUT2D eigenvalue weighted by Crippen LogP contribution is 2.32. The van der Waals surface area contributed by atoms with E-state index >= 15 is 0 Å². The Hall–Kier alpha value is -3.29. The van der Waals surface area contributed by atoms with Gasteiger partial charge in [-0.25, -0.2) is 4.98 Å². The molecule has 1 aromatic carbocycles. The number of rotatable bonds is 6. The monoisotopic (exact) mass is 424 g/mol. The predicted molar refractivity (Wildman–Crippen MR) is 115 cm³/mol. The lowest BCUT2D eigenvalue weighted by atomic mass is 10.0. The molecule has 31 heavy (non-hydrogen) atoms. The maximum absolute atomic E-state index is 13.2. The summed E-state index contributed by atoms with van der Waals surface area (Å²) >= 11 is 0. The van der Waals surface area contributed by atoms with Gasteiger partial charge in [0.2, 0.25) is 11.8 Å². The van der Waals surface area contributed by atoms with Crippen LogP contribution in [-0.4, -0.2) is 46.3 Å². The summed E-state index contributed by atoms with van der Waals surface area (Å²) < 4.78 is 18.5. The van der Waals surface area contributed by atoms with Crippen LogP contribution in [-0.2, 0) is 24.2 Å². The fourth-order valence-corrected chi connectivity index (χ4v) is 4.02. The Kier molecular flexibility index (Phi) is 5.71. The van der Waals surface area contributed by atoms with Crippen LogP contribution < -0.4 is 9.47 Å². The zero-order chi connectivity index (χ0) is 22.1. The molecule has 8 heteroatoms. The molecular weight excluding hydrogens is 396 g/mol. The van der Waals surface area contributed by atoms with Crippen molar-refractivity contribution in [1.82, 2.24) is 19.7 Å². The molecule has 0 N–H and O–H groups in total. The summed E-state index contributed by atoms with van der Waals surface area (Å²) in [7, 11) is 3.21. The molecule has 0 bridgehead atoms. The van der Waals surface area contributed by atoms with E-state index in [2.05, 4.69) is 18.8 Å². The lowest BCUT2D eigenvalue weighted by molar-refractivity contribution is -0.131. The van der Waals surface area contributed by atoms with Crippen LogP contribution in [0.4, 0.5) is 0 Å². The standard InChI is InChI=1S/C23H28N4O4/c1-14(2)27-19-8-9-26(13-18(19)22(25-27)23-24-12-15(3)31-23)21(28)11-16-10-17(29-4)6-7-20(16)30-5/h6-7,10,12,14H,8-9,11,13H2,1-5H3. The minimum absolute atomic E-state index is 0.0315. The quantitative estimate of drug-likeness (QED) is 0.602. The Balaban J connectivity index is 1.62. The van der Waals surface area contributed by atoms with Crippen molar-refractivity contribution < 1.29 is 18.7 Å². The number of benzene rings is 1. The van der Waals surface area contributed by atoms with Gasteiger partial charge in [-0.3, -0.25) is 9.48 Å². The third kappa shape index (κ3) is 4.02. The Labute approximate surface area is 181 Å². The van der Waals surface area contributed by atoms with Crippen molar-refractivity contribution in [3.63, 3.8) is 0 Å². The second-order valence-electron chi connectivity index (χ2n) is 8.01. The molecule has 164 valence electrons. The van der Waals surface area contributed by atoms with Crippen molar-refractivity contribution >= 4 is 5.91 Å². The number of carbonyl (C=O) groups is 1. The lowest BCUT2D eigenvalue weighted by Crippen LogP contribution is -2.37. The molecule has 0 atom stereocenters. The number of ether oxygens (including phenoxy) is 2. The highest BCUT2D eigenvalue weighted by molar-refractivity contribution is 5.80. The zero-order valence-electron chi connectivity index (χ0n) is 18.6. The average molecular weight is 425 g/mol. The number of aryl methyl sites for hydroxylation is 1. The number of oxazole rings is 1. The van der Waals surface area contributed by atoms with Gasteiger partial charge in [0.1, 0.15) is 17.3 Å². The van der Waals surface area contributed by atoms with E-state index in [0.29, 0.717) is 36.2 Å². The van der Waals surface area contributed by atoms with Gasteiger partial charge in [-0.1, -0.05) is 0 Å². The first kappa shape index (κ1) is 21.0. The van der Waals surface area contributed by atoms with Gasteiger partial charge in [-0.15, -0.1) is 0 Å². The van der Waals surface area contributed by atoms with Crippen molar-refractivity contribution in [2.24, 2.45) is 0 Å². The summed E-state index contributed by atoms with van der Waals surface area (Å²) in [4.78, 5) is 19.4. The summed E-state index contributed by atoms with van der Waals surface area (Å²) in [6, 6.07) is 5.71. The van der Waals surface area contributed by atoms with E-state index in [4.69, 9.17) is 19.0 Å². The minimum Gasteiger partial charge on any atom is -0.497 e. The van der Waals surface area contributed by atoms with Crippen molar-refractivity contribution in [3.05, 3.63) is 47.0 Å². The van der Waals surface area contributed by atoms with Gasteiger partial charge in [0.25, 0.3) is 0 Å². The molecule has 0 fully saturated rings. The van der Waals surface area contributed by atoms with E-state index < -0.39 is 0 Å². The van der Waals surface area contributed by atoms with Crippen LogP contribution >= 0.6 is 0 Å². The Morgan fingerprint density at radius 3 is 2.71 bits per heavy atom. The highest BCUT2D eigenvalue weighted by Gasteiger charge is 2.30. The van der Waals surface area contributed by atoms with Crippen LogP contribution in [0.2, 0.25) is 0 Å². The molecule has 4 rings (SSSR count). The van der Waals surface area contributed by atoms with Crippen LogP contribution in [0, 0.1) is 6.92 Å². The zero-order valence-corrected chi connectivity index (χ0v) is 18.6. The number of aromatic nitrogens is 3. The molecule has 1 amide bonds. The largest absolute Gasteiger partial charge is 0.497 e. The number of amides is 1. The van der Waals surface area contributed by atoms with Gasteiger partial charge in [-0.2, -0.15) is 5.10 Å². The fraction of sp³-hybridized carbons (Fsp3) is 0.435. The average Bonchev–Trinajstić information content (AvgIpc) is 3.36. The Morgan fingerprint density at radius 2 is 2.06 bits per heavy atom. The van der Waals surface area contributed by atoms with E-state index in [9.17, 15) is 4.79 Å². The van der Waals surface area contributed by atoms with Gasteiger partial charge in [0.05, 0.1) is 26.8 Å². The van der Waals surface area contributed by atoms with Gasteiger partial charge in [0.15, 0.2) is 5.69 Å². The number of hydrogen-bond acceptors (Lipinski definition) is 6. The molecule has 0 saturated carbocycles. The number of methoxy groups -OCH3 is 2.